The number of hydrogen-bond donors (Lipinski definition) is 4. The van der Waals surface area contributed by atoms with Crippen molar-refractivity contribution < 1.29 is 14.7 Å². The van der Waals surface area contributed by atoms with Crippen LogP contribution in [0.3, 0.4) is 0 Å². The van der Waals surface area contributed by atoms with E-state index in [4.69, 9.17) is 5.11 Å². The molecule has 2 atom stereocenters. The van der Waals surface area contributed by atoms with Crippen LogP contribution in [-0.2, 0) is 4.79 Å². The van der Waals surface area contributed by atoms with E-state index in [1.807, 2.05) is 0 Å². The highest BCUT2D eigenvalue weighted by molar-refractivity contribution is 5.82. The van der Waals surface area contributed by atoms with E-state index in [2.05, 4.69) is 25.8 Å². The SMILES string of the molecule is CC(NC(=O)N[C@H](C(=O)O)C(C)C)c1ncn[nH]1. The number of carbonyl (C=O) groups excluding carboxylic acids is 1. The largest absolute Gasteiger partial charge is 0.480 e. The van der Waals surface area contributed by atoms with Crippen LogP contribution < -0.4 is 10.6 Å². The van der Waals surface area contributed by atoms with Crippen LogP contribution in [0.25, 0.3) is 0 Å². The zero-order chi connectivity index (χ0) is 13.7. The number of carboxylic acids is 1. The molecule has 0 radical (unpaired) electrons. The van der Waals surface area contributed by atoms with E-state index in [0.717, 1.165) is 0 Å². The molecule has 0 spiro atoms. The lowest BCUT2D eigenvalue weighted by Crippen LogP contribution is -2.49. The number of H-pyrrole nitrogens is 1. The molecule has 1 aromatic heterocycles. The minimum atomic E-state index is -1.06. The number of hydrogen-bond acceptors (Lipinski definition) is 4. The Bertz CT molecular complexity index is 404. The summed E-state index contributed by atoms with van der Waals surface area (Å²) in [6.45, 7) is 5.16. The van der Waals surface area contributed by atoms with Gasteiger partial charge in [0, 0.05) is 0 Å². The van der Waals surface area contributed by atoms with E-state index in [9.17, 15) is 9.59 Å². The Balaban J connectivity index is 2.53. The lowest BCUT2D eigenvalue weighted by Gasteiger charge is -2.19. The minimum Gasteiger partial charge on any atom is -0.480 e. The van der Waals surface area contributed by atoms with Crippen LogP contribution in [0.15, 0.2) is 6.33 Å². The van der Waals surface area contributed by atoms with Gasteiger partial charge < -0.3 is 15.7 Å². The van der Waals surface area contributed by atoms with E-state index in [1.165, 1.54) is 6.33 Å². The lowest BCUT2D eigenvalue weighted by atomic mass is 10.1. The number of aromatic amines is 1. The summed E-state index contributed by atoms with van der Waals surface area (Å²) in [7, 11) is 0. The summed E-state index contributed by atoms with van der Waals surface area (Å²) in [5.41, 5.74) is 0. The minimum absolute atomic E-state index is 0.200. The summed E-state index contributed by atoms with van der Waals surface area (Å²) in [6.07, 6.45) is 1.33. The second kappa shape index (κ2) is 5.99. The summed E-state index contributed by atoms with van der Waals surface area (Å²) in [6, 6.07) is -1.86. The second-order valence-corrected chi connectivity index (χ2v) is 4.27. The average molecular weight is 255 g/mol. The van der Waals surface area contributed by atoms with Crippen molar-refractivity contribution in [3.8, 4) is 0 Å². The fourth-order valence-electron chi connectivity index (χ4n) is 1.39. The maximum absolute atomic E-state index is 11.6. The van der Waals surface area contributed by atoms with E-state index in [-0.39, 0.29) is 12.0 Å². The van der Waals surface area contributed by atoms with Crippen molar-refractivity contribution in [3.05, 3.63) is 12.2 Å². The number of amides is 2. The van der Waals surface area contributed by atoms with Gasteiger partial charge >= 0.3 is 12.0 Å². The van der Waals surface area contributed by atoms with Gasteiger partial charge in [-0.05, 0) is 12.8 Å². The Hall–Kier alpha value is -2.12. The second-order valence-electron chi connectivity index (χ2n) is 4.27. The lowest BCUT2D eigenvalue weighted by molar-refractivity contribution is -0.140. The molecule has 0 saturated carbocycles. The van der Waals surface area contributed by atoms with E-state index >= 15 is 0 Å². The van der Waals surface area contributed by atoms with Crippen molar-refractivity contribution >= 4 is 12.0 Å². The van der Waals surface area contributed by atoms with Crippen LogP contribution in [0.5, 0.6) is 0 Å². The van der Waals surface area contributed by atoms with Crippen LogP contribution in [0, 0.1) is 5.92 Å². The summed E-state index contributed by atoms with van der Waals surface area (Å²) in [4.78, 5) is 26.4. The first-order valence-corrected chi connectivity index (χ1v) is 5.57. The molecule has 1 unspecified atom stereocenters. The van der Waals surface area contributed by atoms with Gasteiger partial charge in [0.1, 0.15) is 18.2 Å². The molecule has 100 valence electrons. The highest BCUT2D eigenvalue weighted by Gasteiger charge is 2.24. The molecule has 8 nitrogen and oxygen atoms in total. The van der Waals surface area contributed by atoms with Gasteiger partial charge in [0.2, 0.25) is 0 Å². The van der Waals surface area contributed by atoms with Crippen molar-refractivity contribution in [1.82, 2.24) is 25.8 Å². The first kappa shape index (κ1) is 13.9. The van der Waals surface area contributed by atoms with Crippen LogP contribution in [0.4, 0.5) is 4.79 Å². The predicted molar refractivity (Wildman–Crippen MR) is 62.7 cm³/mol. The third-order valence-electron chi connectivity index (χ3n) is 2.41. The average Bonchev–Trinajstić information content (AvgIpc) is 2.78. The zero-order valence-electron chi connectivity index (χ0n) is 10.5. The number of urea groups is 1. The summed E-state index contributed by atoms with van der Waals surface area (Å²) >= 11 is 0. The summed E-state index contributed by atoms with van der Waals surface area (Å²) in [5.74, 6) is -0.761. The summed E-state index contributed by atoms with van der Waals surface area (Å²) < 4.78 is 0. The quantitative estimate of drug-likeness (QED) is 0.602. The highest BCUT2D eigenvalue weighted by Crippen LogP contribution is 2.05. The molecule has 18 heavy (non-hydrogen) atoms. The number of carboxylic acid groups (broad SMARTS) is 1. The van der Waals surface area contributed by atoms with Gasteiger partial charge in [-0.3, -0.25) is 5.10 Å². The van der Waals surface area contributed by atoms with Gasteiger partial charge in [-0.2, -0.15) is 5.10 Å². The molecule has 0 aliphatic carbocycles. The van der Waals surface area contributed by atoms with Gasteiger partial charge in [-0.25, -0.2) is 14.6 Å². The van der Waals surface area contributed by atoms with Gasteiger partial charge in [-0.15, -0.1) is 0 Å². The number of carbonyl (C=O) groups is 2. The first-order chi connectivity index (χ1) is 8.41. The Kier molecular flexibility index (Phi) is 4.64. The Morgan fingerprint density at radius 2 is 2.00 bits per heavy atom. The number of nitrogens with one attached hydrogen (secondary N) is 3. The predicted octanol–water partition coefficient (Wildman–Crippen LogP) is 0.274. The molecule has 1 heterocycles. The molecular weight excluding hydrogens is 238 g/mol. The Morgan fingerprint density at radius 3 is 2.44 bits per heavy atom. The molecule has 0 aliphatic rings. The van der Waals surface area contributed by atoms with Crippen LogP contribution in [-0.4, -0.2) is 38.3 Å². The van der Waals surface area contributed by atoms with Gasteiger partial charge in [0.05, 0.1) is 6.04 Å². The van der Waals surface area contributed by atoms with Crippen molar-refractivity contribution in [3.63, 3.8) is 0 Å². The number of rotatable bonds is 5. The molecular formula is C10H17N5O3. The molecule has 8 heteroatoms. The maximum atomic E-state index is 11.6. The first-order valence-electron chi connectivity index (χ1n) is 5.57. The molecule has 0 aliphatic heterocycles. The topological polar surface area (TPSA) is 120 Å². The van der Waals surface area contributed by atoms with E-state index in [0.29, 0.717) is 5.82 Å². The standard InChI is InChI=1S/C10H17N5O3/c1-5(2)7(9(16)17)14-10(18)13-6(3)8-11-4-12-15-8/h4-7H,1-3H3,(H,16,17)(H,11,12,15)(H2,13,14,18)/t6?,7-/m0/s1. The Morgan fingerprint density at radius 1 is 1.33 bits per heavy atom. The smallest absolute Gasteiger partial charge is 0.326 e. The third-order valence-corrected chi connectivity index (χ3v) is 2.41. The fourth-order valence-corrected chi connectivity index (χ4v) is 1.39. The molecule has 0 bridgehead atoms. The number of aromatic nitrogens is 3. The monoisotopic (exact) mass is 255 g/mol. The van der Waals surface area contributed by atoms with Gasteiger partial charge in [-0.1, -0.05) is 13.8 Å². The zero-order valence-corrected chi connectivity index (χ0v) is 10.5. The van der Waals surface area contributed by atoms with Gasteiger partial charge in [0.25, 0.3) is 0 Å². The number of aliphatic carboxylic acids is 1. The van der Waals surface area contributed by atoms with Crippen LogP contribution in [0.2, 0.25) is 0 Å². The third kappa shape index (κ3) is 3.72. The summed E-state index contributed by atoms with van der Waals surface area (Å²) in [5, 5.41) is 20.2. The van der Waals surface area contributed by atoms with Gasteiger partial charge in [0.15, 0.2) is 0 Å². The van der Waals surface area contributed by atoms with Crippen molar-refractivity contribution in [2.24, 2.45) is 5.92 Å². The van der Waals surface area contributed by atoms with Crippen molar-refractivity contribution in [2.75, 3.05) is 0 Å². The Labute approximate surface area is 104 Å². The molecule has 0 aromatic carbocycles. The molecule has 0 fully saturated rings. The van der Waals surface area contributed by atoms with Crippen LogP contribution >= 0.6 is 0 Å². The number of nitrogens with zero attached hydrogens (tertiary/aromatic N) is 2. The molecule has 4 N–H and O–H groups in total. The highest BCUT2D eigenvalue weighted by atomic mass is 16.4. The van der Waals surface area contributed by atoms with E-state index < -0.39 is 18.0 Å². The normalized spacial score (nSPS) is 14.0. The maximum Gasteiger partial charge on any atom is 0.326 e. The van der Waals surface area contributed by atoms with Crippen molar-refractivity contribution in [2.45, 2.75) is 32.9 Å². The molecule has 0 saturated heterocycles. The molecule has 2 amide bonds. The molecule has 1 aromatic rings. The van der Waals surface area contributed by atoms with Crippen molar-refractivity contribution in [1.29, 1.82) is 0 Å². The van der Waals surface area contributed by atoms with Crippen LogP contribution in [0.1, 0.15) is 32.6 Å². The fraction of sp³-hybridized carbons (Fsp3) is 0.600. The van der Waals surface area contributed by atoms with E-state index in [1.54, 1.807) is 20.8 Å². The molecule has 1 rings (SSSR count).